The smallest absolute Gasteiger partial charge is 0.0273 e. The van der Waals surface area contributed by atoms with Crippen LogP contribution in [0.4, 0.5) is 0 Å². The van der Waals surface area contributed by atoms with Crippen LogP contribution in [-0.2, 0) is 6.54 Å². The van der Waals surface area contributed by atoms with E-state index in [0.29, 0.717) is 0 Å². The molecule has 0 bridgehead atoms. The maximum absolute atomic E-state index is 4.05. The van der Waals surface area contributed by atoms with Crippen LogP contribution in [0.25, 0.3) is 11.1 Å². The second-order valence-electron chi connectivity index (χ2n) is 3.93. The van der Waals surface area contributed by atoms with Gasteiger partial charge in [-0.05, 0) is 42.8 Å². The Kier molecular flexibility index (Phi) is 3.32. The highest BCUT2D eigenvalue weighted by molar-refractivity contribution is 5.67. The Hall–Kier alpha value is -1.67. The summed E-state index contributed by atoms with van der Waals surface area (Å²) < 4.78 is 0. The van der Waals surface area contributed by atoms with E-state index >= 15 is 0 Å². The van der Waals surface area contributed by atoms with Crippen molar-refractivity contribution < 1.29 is 0 Å². The number of hydrogen-bond donors (Lipinski definition) is 1. The van der Waals surface area contributed by atoms with E-state index in [2.05, 4.69) is 35.4 Å². The fourth-order valence-corrected chi connectivity index (χ4v) is 1.84. The van der Waals surface area contributed by atoms with Crippen LogP contribution < -0.4 is 5.32 Å². The molecular weight excluding hydrogens is 196 g/mol. The van der Waals surface area contributed by atoms with Crippen molar-refractivity contribution in [1.82, 2.24) is 10.3 Å². The molecule has 16 heavy (non-hydrogen) atoms. The minimum atomic E-state index is 0.887. The van der Waals surface area contributed by atoms with Gasteiger partial charge < -0.3 is 5.32 Å². The third-order valence-corrected chi connectivity index (χ3v) is 2.62. The normalized spacial score (nSPS) is 10.4. The largest absolute Gasteiger partial charge is 0.316 e. The third-order valence-electron chi connectivity index (χ3n) is 2.62. The van der Waals surface area contributed by atoms with Crippen molar-refractivity contribution in [3.63, 3.8) is 0 Å². The molecule has 0 saturated carbocycles. The number of aromatic nitrogens is 1. The molecule has 1 heterocycles. The van der Waals surface area contributed by atoms with Crippen molar-refractivity contribution >= 4 is 0 Å². The first-order valence-corrected chi connectivity index (χ1v) is 5.46. The van der Waals surface area contributed by atoms with Gasteiger partial charge in [-0.1, -0.05) is 23.8 Å². The molecular formula is C14H16N2. The van der Waals surface area contributed by atoms with E-state index in [0.717, 1.165) is 6.54 Å². The average molecular weight is 212 g/mol. The van der Waals surface area contributed by atoms with E-state index in [1.165, 1.54) is 22.3 Å². The maximum atomic E-state index is 4.05. The molecule has 82 valence electrons. The van der Waals surface area contributed by atoms with Crippen LogP contribution in [0, 0.1) is 6.92 Å². The fraction of sp³-hybridized carbons (Fsp3) is 0.214. The highest BCUT2D eigenvalue weighted by Gasteiger charge is 2.04. The summed E-state index contributed by atoms with van der Waals surface area (Å²) in [7, 11) is 1.97. The number of aryl methyl sites for hydroxylation is 1. The maximum Gasteiger partial charge on any atom is 0.0273 e. The molecule has 2 heteroatoms. The van der Waals surface area contributed by atoms with E-state index < -0.39 is 0 Å². The molecule has 0 aliphatic heterocycles. The Labute approximate surface area is 96.4 Å². The number of nitrogens with zero attached hydrogens (tertiary/aromatic N) is 1. The third kappa shape index (κ3) is 2.28. The molecule has 1 aromatic heterocycles. The van der Waals surface area contributed by atoms with E-state index in [4.69, 9.17) is 0 Å². The van der Waals surface area contributed by atoms with Gasteiger partial charge in [0.1, 0.15) is 0 Å². The molecule has 1 N–H and O–H groups in total. The van der Waals surface area contributed by atoms with E-state index in [1.807, 2.05) is 31.6 Å². The van der Waals surface area contributed by atoms with Crippen molar-refractivity contribution in [2.75, 3.05) is 7.05 Å². The van der Waals surface area contributed by atoms with Gasteiger partial charge in [-0.25, -0.2) is 0 Å². The molecule has 2 aromatic rings. The highest BCUT2D eigenvalue weighted by Crippen LogP contribution is 2.24. The van der Waals surface area contributed by atoms with Gasteiger partial charge in [0.2, 0.25) is 0 Å². The molecule has 2 nitrogen and oxygen atoms in total. The average Bonchev–Trinajstić information content (AvgIpc) is 2.33. The Morgan fingerprint density at radius 3 is 2.56 bits per heavy atom. The zero-order valence-corrected chi connectivity index (χ0v) is 9.70. The van der Waals surface area contributed by atoms with Gasteiger partial charge in [0, 0.05) is 18.9 Å². The fourth-order valence-electron chi connectivity index (χ4n) is 1.84. The van der Waals surface area contributed by atoms with E-state index in [-0.39, 0.29) is 0 Å². The summed E-state index contributed by atoms with van der Waals surface area (Å²) in [6, 6.07) is 10.7. The summed E-state index contributed by atoms with van der Waals surface area (Å²) >= 11 is 0. The monoisotopic (exact) mass is 212 g/mol. The van der Waals surface area contributed by atoms with Crippen LogP contribution in [0.1, 0.15) is 11.1 Å². The number of pyridine rings is 1. The number of benzene rings is 1. The zero-order valence-electron chi connectivity index (χ0n) is 9.70. The van der Waals surface area contributed by atoms with Crippen molar-refractivity contribution in [1.29, 1.82) is 0 Å². The summed E-state index contributed by atoms with van der Waals surface area (Å²) in [6.45, 7) is 3.01. The Bertz CT molecular complexity index is 463. The number of nitrogens with one attached hydrogen (secondary N) is 1. The minimum Gasteiger partial charge on any atom is -0.316 e. The van der Waals surface area contributed by atoms with Gasteiger partial charge in [0.05, 0.1) is 0 Å². The second-order valence-corrected chi connectivity index (χ2v) is 3.93. The van der Waals surface area contributed by atoms with Crippen molar-refractivity contribution in [3.05, 3.63) is 53.9 Å². The summed E-state index contributed by atoms with van der Waals surface area (Å²) in [4.78, 5) is 4.05. The van der Waals surface area contributed by atoms with Crippen LogP contribution in [0.2, 0.25) is 0 Å². The number of rotatable bonds is 3. The minimum absolute atomic E-state index is 0.887. The van der Waals surface area contributed by atoms with Crippen molar-refractivity contribution in [2.45, 2.75) is 13.5 Å². The van der Waals surface area contributed by atoms with Gasteiger partial charge >= 0.3 is 0 Å². The van der Waals surface area contributed by atoms with Crippen LogP contribution in [-0.4, -0.2) is 12.0 Å². The number of hydrogen-bond acceptors (Lipinski definition) is 2. The summed E-state index contributed by atoms with van der Waals surface area (Å²) in [5.74, 6) is 0. The molecule has 2 rings (SSSR count). The van der Waals surface area contributed by atoms with Crippen LogP contribution >= 0.6 is 0 Å². The predicted molar refractivity (Wildman–Crippen MR) is 67.2 cm³/mol. The van der Waals surface area contributed by atoms with Crippen molar-refractivity contribution in [3.8, 4) is 11.1 Å². The van der Waals surface area contributed by atoms with Crippen LogP contribution in [0.3, 0.4) is 0 Å². The molecule has 0 amide bonds. The van der Waals surface area contributed by atoms with Gasteiger partial charge in [-0.2, -0.15) is 0 Å². The first-order chi connectivity index (χ1) is 7.81. The lowest BCUT2D eigenvalue weighted by Crippen LogP contribution is -2.06. The Morgan fingerprint density at radius 2 is 1.88 bits per heavy atom. The molecule has 0 fully saturated rings. The molecule has 1 aromatic carbocycles. The standard InChI is InChI=1S/C14H16N2/c1-11-3-4-13(10-15-2)14(9-11)12-5-7-16-8-6-12/h3-9,15H,10H2,1-2H3. The lowest BCUT2D eigenvalue weighted by Gasteiger charge is -2.10. The Balaban J connectivity index is 2.49. The van der Waals surface area contributed by atoms with E-state index in [9.17, 15) is 0 Å². The highest BCUT2D eigenvalue weighted by atomic mass is 14.8. The lowest BCUT2D eigenvalue weighted by molar-refractivity contribution is 0.819. The quantitative estimate of drug-likeness (QED) is 0.846. The van der Waals surface area contributed by atoms with Crippen molar-refractivity contribution in [2.24, 2.45) is 0 Å². The van der Waals surface area contributed by atoms with Gasteiger partial charge in [0.15, 0.2) is 0 Å². The van der Waals surface area contributed by atoms with Gasteiger partial charge in [-0.15, -0.1) is 0 Å². The summed E-state index contributed by atoms with van der Waals surface area (Å²) in [6.07, 6.45) is 3.67. The topological polar surface area (TPSA) is 24.9 Å². The molecule has 0 spiro atoms. The van der Waals surface area contributed by atoms with Gasteiger partial charge in [-0.3, -0.25) is 4.98 Å². The van der Waals surface area contributed by atoms with Crippen LogP contribution in [0.15, 0.2) is 42.7 Å². The summed E-state index contributed by atoms with van der Waals surface area (Å²) in [5, 5.41) is 3.20. The molecule has 0 aliphatic carbocycles. The molecule has 0 atom stereocenters. The summed E-state index contributed by atoms with van der Waals surface area (Å²) in [5.41, 5.74) is 5.12. The molecule has 0 radical (unpaired) electrons. The Morgan fingerprint density at radius 1 is 1.12 bits per heavy atom. The lowest BCUT2D eigenvalue weighted by atomic mass is 9.98. The molecule has 0 saturated heterocycles. The SMILES string of the molecule is CNCc1ccc(C)cc1-c1ccncc1. The predicted octanol–water partition coefficient (Wildman–Crippen LogP) is 2.78. The van der Waals surface area contributed by atoms with E-state index in [1.54, 1.807) is 0 Å². The molecule has 0 aliphatic rings. The van der Waals surface area contributed by atoms with Crippen LogP contribution in [0.5, 0.6) is 0 Å². The molecule has 0 unspecified atom stereocenters. The zero-order chi connectivity index (χ0) is 11.4. The second kappa shape index (κ2) is 4.90. The first kappa shape index (κ1) is 10.8. The first-order valence-electron chi connectivity index (χ1n) is 5.46. The van der Waals surface area contributed by atoms with Gasteiger partial charge in [0.25, 0.3) is 0 Å².